The number of hydrogen-bond donors (Lipinski definition) is 0. The van der Waals surface area contributed by atoms with Crippen LogP contribution in [-0.2, 0) is 4.79 Å². The lowest BCUT2D eigenvalue weighted by molar-refractivity contribution is -0.120. The van der Waals surface area contributed by atoms with E-state index in [1.807, 2.05) is 0 Å². The zero-order valence-corrected chi connectivity index (χ0v) is 17.3. The second-order valence-electron chi connectivity index (χ2n) is 8.75. The molecule has 1 saturated carbocycles. The summed E-state index contributed by atoms with van der Waals surface area (Å²) in [4.78, 5) is 12.1. The Balaban J connectivity index is 2.16. The highest BCUT2D eigenvalue weighted by Crippen LogP contribution is 2.18. The number of hydrogen-bond acceptors (Lipinski definition) is 1. The fourth-order valence-electron chi connectivity index (χ4n) is 4.24. The van der Waals surface area contributed by atoms with Crippen molar-refractivity contribution in [2.24, 2.45) is 5.92 Å². The molecule has 0 heterocycles. The highest BCUT2D eigenvalue weighted by atomic mass is 16.1. The lowest BCUT2D eigenvalue weighted by Gasteiger charge is -2.10. The van der Waals surface area contributed by atoms with Crippen molar-refractivity contribution in [1.29, 1.82) is 0 Å². The quantitative estimate of drug-likeness (QED) is 0.428. The molecule has 1 atom stereocenters. The second kappa shape index (κ2) is 17.1. The Kier molecular flexibility index (Phi) is 15.5. The summed E-state index contributed by atoms with van der Waals surface area (Å²) in [6.45, 7) is 2.28. The molecule has 0 N–H and O–H groups in total. The SMILES string of the molecule is CC1CCCCCCCCCCCCCCCCCCCCC(=O)C1. The summed E-state index contributed by atoms with van der Waals surface area (Å²) in [5, 5.41) is 0. The van der Waals surface area contributed by atoms with Gasteiger partial charge in [0.1, 0.15) is 5.78 Å². The van der Waals surface area contributed by atoms with Crippen LogP contribution in [0, 0.1) is 5.92 Å². The third-order valence-electron chi connectivity index (χ3n) is 5.98. The molecule has 0 amide bonds. The molecule has 1 aliphatic rings. The molecule has 1 rings (SSSR count). The van der Waals surface area contributed by atoms with Crippen molar-refractivity contribution >= 4 is 5.78 Å². The third kappa shape index (κ3) is 15.6. The van der Waals surface area contributed by atoms with Crippen LogP contribution in [0.5, 0.6) is 0 Å². The van der Waals surface area contributed by atoms with E-state index in [0.717, 1.165) is 19.3 Å². The first-order valence-corrected chi connectivity index (χ1v) is 11.8. The second-order valence-corrected chi connectivity index (χ2v) is 8.75. The number of carbonyl (C=O) groups is 1. The lowest BCUT2D eigenvalue weighted by atomic mass is 9.95. The molecular formula is C24H46O. The van der Waals surface area contributed by atoms with Gasteiger partial charge in [0.2, 0.25) is 0 Å². The van der Waals surface area contributed by atoms with Gasteiger partial charge in [0.25, 0.3) is 0 Å². The molecule has 0 radical (unpaired) electrons. The molecular weight excluding hydrogens is 304 g/mol. The van der Waals surface area contributed by atoms with Crippen molar-refractivity contribution in [3.05, 3.63) is 0 Å². The van der Waals surface area contributed by atoms with Gasteiger partial charge in [-0.05, 0) is 12.3 Å². The molecule has 1 nitrogen and oxygen atoms in total. The topological polar surface area (TPSA) is 17.1 Å². The monoisotopic (exact) mass is 350 g/mol. The van der Waals surface area contributed by atoms with Gasteiger partial charge in [-0.2, -0.15) is 0 Å². The van der Waals surface area contributed by atoms with Gasteiger partial charge in [-0.25, -0.2) is 0 Å². The molecule has 0 aromatic heterocycles. The molecule has 0 aliphatic heterocycles. The fraction of sp³-hybridized carbons (Fsp3) is 0.958. The molecule has 1 unspecified atom stereocenters. The summed E-state index contributed by atoms with van der Waals surface area (Å²) in [5.41, 5.74) is 0. The van der Waals surface area contributed by atoms with Crippen LogP contribution in [0.4, 0.5) is 0 Å². The van der Waals surface area contributed by atoms with Gasteiger partial charge in [0.05, 0.1) is 0 Å². The normalized spacial score (nSPS) is 26.1. The van der Waals surface area contributed by atoms with E-state index < -0.39 is 0 Å². The maximum atomic E-state index is 12.1. The molecule has 0 saturated heterocycles. The van der Waals surface area contributed by atoms with Crippen LogP contribution in [0.1, 0.15) is 142 Å². The average molecular weight is 351 g/mol. The highest BCUT2D eigenvalue weighted by Gasteiger charge is 2.09. The summed E-state index contributed by atoms with van der Waals surface area (Å²) >= 11 is 0. The van der Waals surface area contributed by atoms with Gasteiger partial charge >= 0.3 is 0 Å². The Morgan fingerprint density at radius 2 is 0.840 bits per heavy atom. The largest absolute Gasteiger partial charge is 0.300 e. The first-order valence-electron chi connectivity index (χ1n) is 11.8. The Bertz CT molecular complexity index is 296. The van der Waals surface area contributed by atoms with E-state index in [9.17, 15) is 4.79 Å². The van der Waals surface area contributed by atoms with E-state index in [0.29, 0.717) is 11.7 Å². The number of Topliss-reactive ketones (excluding diaryl/α,β-unsaturated/α-hetero) is 1. The molecule has 148 valence electrons. The number of ketones is 1. The maximum Gasteiger partial charge on any atom is 0.133 e. The summed E-state index contributed by atoms with van der Waals surface area (Å²) in [6, 6.07) is 0. The standard InChI is InChI=1S/C24H46O/c1-23-20-18-16-14-12-10-8-6-4-2-3-5-7-9-11-13-15-17-19-21-24(25)22-23/h23H,2-22H2,1H3. The van der Waals surface area contributed by atoms with Crippen LogP contribution < -0.4 is 0 Å². The maximum absolute atomic E-state index is 12.1. The molecule has 1 fully saturated rings. The van der Waals surface area contributed by atoms with Crippen LogP contribution >= 0.6 is 0 Å². The average Bonchev–Trinajstić information content (AvgIpc) is 2.59. The first kappa shape index (κ1) is 22.7. The van der Waals surface area contributed by atoms with Crippen molar-refractivity contribution in [2.45, 2.75) is 142 Å². The van der Waals surface area contributed by atoms with Crippen molar-refractivity contribution in [1.82, 2.24) is 0 Å². The van der Waals surface area contributed by atoms with Gasteiger partial charge in [0, 0.05) is 12.8 Å². The van der Waals surface area contributed by atoms with Crippen LogP contribution in [-0.4, -0.2) is 5.78 Å². The molecule has 0 spiro atoms. The summed E-state index contributed by atoms with van der Waals surface area (Å²) < 4.78 is 0. The van der Waals surface area contributed by atoms with E-state index >= 15 is 0 Å². The van der Waals surface area contributed by atoms with Gasteiger partial charge < -0.3 is 0 Å². The van der Waals surface area contributed by atoms with Crippen molar-refractivity contribution in [2.75, 3.05) is 0 Å². The Morgan fingerprint density at radius 3 is 1.24 bits per heavy atom. The van der Waals surface area contributed by atoms with Crippen molar-refractivity contribution < 1.29 is 4.79 Å². The van der Waals surface area contributed by atoms with Crippen LogP contribution in [0.3, 0.4) is 0 Å². The van der Waals surface area contributed by atoms with E-state index in [-0.39, 0.29) is 0 Å². The fourth-order valence-corrected chi connectivity index (χ4v) is 4.24. The van der Waals surface area contributed by atoms with Gasteiger partial charge in [-0.15, -0.1) is 0 Å². The number of rotatable bonds is 0. The minimum absolute atomic E-state index is 0.519. The Morgan fingerprint density at radius 1 is 0.520 bits per heavy atom. The highest BCUT2D eigenvalue weighted by molar-refractivity contribution is 5.78. The molecule has 0 aromatic carbocycles. The Hall–Kier alpha value is -0.330. The van der Waals surface area contributed by atoms with Crippen molar-refractivity contribution in [3.8, 4) is 0 Å². The predicted molar refractivity (Wildman–Crippen MR) is 111 cm³/mol. The predicted octanol–water partition coefficient (Wildman–Crippen LogP) is 8.40. The molecule has 1 heteroatoms. The minimum atomic E-state index is 0.519. The van der Waals surface area contributed by atoms with Crippen LogP contribution in [0.25, 0.3) is 0 Å². The molecule has 0 aromatic rings. The van der Waals surface area contributed by atoms with Crippen LogP contribution in [0.15, 0.2) is 0 Å². The van der Waals surface area contributed by atoms with Gasteiger partial charge in [-0.3, -0.25) is 4.79 Å². The van der Waals surface area contributed by atoms with E-state index in [1.54, 1.807) is 0 Å². The smallest absolute Gasteiger partial charge is 0.133 e. The van der Waals surface area contributed by atoms with Crippen LogP contribution in [0.2, 0.25) is 0 Å². The lowest BCUT2D eigenvalue weighted by Crippen LogP contribution is -2.05. The van der Waals surface area contributed by atoms with E-state index in [1.165, 1.54) is 116 Å². The summed E-state index contributed by atoms with van der Waals surface area (Å²) in [5.74, 6) is 1.13. The Labute approximate surface area is 158 Å². The van der Waals surface area contributed by atoms with Gasteiger partial charge in [0.15, 0.2) is 0 Å². The molecule has 25 heavy (non-hydrogen) atoms. The molecule has 1 aliphatic carbocycles. The first-order chi connectivity index (χ1) is 12.3. The zero-order valence-electron chi connectivity index (χ0n) is 17.3. The van der Waals surface area contributed by atoms with E-state index in [4.69, 9.17) is 0 Å². The summed E-state index contributed by atoms with van der Waals surface area (Å²) in [7, 11) is 0. The van der Waals surface area contributed by atoms with Crippen molar-refractivity contribution in [3.63, 3.8) is 0 Å². The number of carbonyl (C=O) groups excluding carboxylic acids is 1. The zero-order chi connectivity index (χ0) is 18.0. The summed E-state index contributed by atoms with van der Waals surface area (Å²) in [6.07, 6.45) is 28.0. The minimum Gasteiger partial charge on any atom is -0.300 e. The van der Waals surface area contributed by atoms with Gasteiger partial charge in [-0.1, -0.05) is 122 Å². The van der Waals surface area contributed by atoms with E-state index in [2.05, 4.69) is 6.92 Å². The third-order valence-corrected chi connectivity index (χ3v) is 5.98. The molecule has 0 bridgehead atoms.